The summed E-state index contributed by atoms with van der Waals surface area (Å²) in [6, 6.07) is 12.8. The van der Waals surface area contributed by atoms with Gasteiger partial charge in [-0.1, -0.05) is 11.6 Å². The largest absolute Gasteiger partial charge is 0.497 e. The number of nitriles is 1. The zero-order chi connectivity index (χ0) is 15.0. The molecule has 0 aliphatic carbocycles. The van der Waals surface area contributed by atoms with Gasteiger partial charge in [0.2, 0.25) is 0 Å². The lowest BCUT2D eigenvalue weighted by molar-refractivity contribution is 0.415. The smallest absolute Gasteiger partial charge is 0.182 e. The van der Waals surface area contributed by atoms with Crippen LogP contribution in [0.2, 0.25) is 5.02 Å². The molecule has 0 aliphatic heterocycles. The van der Waals surface area contributed by atoms with Gasteiger partial charge in [0.05, 0.1) is 40.5 Å². The minimum absolute atomic E-state index is 0.509. The molecule has 0 aliphatic rings. The van der Waals surface area contributed by atoms with Crippen molar-refractivity contribution in [3.8, 4) is 17.5 Å². The molecule has 0 bridgehead atoms. The lowest BCUT2D eigenvalue weighted by atomic mass is 10.2. The Morgan fingerprint density at radius 3 is 2.81 bits per heavy atom. The van der Waals surface area contributed by atoms with E-state index >= 15 is 0 Å². The first-order valence-electron chi connectivity index (χ1n) is 6.13. The summed E-state index contributed by atoms with van der Waals surface area (Å²) < 4.78 is 7.53. The van der Waals surface area contributed by atoms with Gasteiger partial charge in [-0.3, -0.25) is 4.57 Å². The number of aromatic nitrogens is 2. The van der Waals surface area contributed by atoms with Crippen molar-refractivity contribution in [3.05, 3.63) is 51.8 Å². The number of hydrogen-bond acceptors (Lipinski definition) is 3. The number of hydrogen-bond donors (Lipinski definition) is 1. The molecule has 4 nitrogen and oxygen atoms in total. The van der Waals surface area contributed by atoms with Crippen LogP contribution in [-0.4, -0.2) is 16.7 Å². The molecule has 104 valence electrons. The van der Waals surface area contributed by atoms with Gasteiger partial charge in [-0.25, -0.2) is 0 Å². The van der Waals surface area contributed by atoms with Crippen LogP contribution in [0.3, 0.4) is 0 Å². The zero-order valence-corrected chi connectivity index (χ0v) is 12.6. The first-order valence-corrected chi connectivity index (χ1v) is 6.91. The predicted molar refractivity (Wildman–Crippen MR) is 84.7 cm³/mol. The second kappa shape index (κ2) is 5.24. The summed E-state index contributed by atoms with van der Waals surface area (Å²) >= 11 is 11.6. The summed E-state index contributed by atoms with van der Waals surface area (Å²) in [4.78, 5) is 3.12. The number of H-pyrrole nitrogens is 1. The summed E-state index contributed by atoms with van der Waals surface area (Å²) in [5, 5.41) is 9.58. The van der Waals surface area contributed by atoms with Crippen LogP contribution in [0.15, 0.2) is 36.4 Å². The molecule has 0 saturated heterocycles. The van der Waals surface area contributed by atoms with Crippen molar-refractivity contribution in [2.24, 2.45) is 0 Å². The van der Waals surface area contributed by atoms with Crippen molar-refractivity contribution >= 4 is 34.9 Å². The molecular weight excluding hydrogens is 306 g/mol. The molecule has 21 heavy (non-hydrogen) atoms. The second-order valence-corrected chi connectivity index (χ2v) is 5.22. The molecule has 0 unspecified atom stereocenters. The average molecular weight is 316 g/mol. The maximum atomic E-state index is 9.05. The summed E-state index contributed by atoms with van der Waals surface area (Å²) in [5.74, 6) is 0.739. The molecule has 0 atom stereocenters. The third kappa shape index (κ3) is 2.29. The quantitative estimate of drug-likeness (QED) is 0.720. The molecule has 6 heteroatoms. The topological polar surface area (TPSA) is 53.7 Å². The number of benzene rings is 2. The van der Waals surface area contributed by atoms with E-state index in [2.05, 4.69) is 11.1 Å². The first kappa shape index (κ1) is 13.7. The van der Waals surface area contributed by atoms with E-state index in [1.165, 1.54) is 0 Å². The monoisotopic (exact) mass is 315 g/mol. The number of ether oxygens (including phenoxy) is 1. The third-order valence-corrected chi connectivity index (χ3v) is 3.81. The maximum Gasteiger partial charge on any atom is 0.182 e. The van der Waals surface area contributed by atoms with E-state index in [4.69, 9.17) is 33.8 Å². The Hall–Kier alpha value is -2.29. The Bertz CT molecular complexity index is 936. The van der Waals surface area contributed by atoms with Crippen molar-refractivity contribution in [3.63, 3.8) is 0 Å². The molecule has 3 rings (SSSR count). The van der Waals surface area contributed by atoms with E-state index in [9.17, 15) is 0 Å². The van der Waals surface area contributed by atoms with E-state index in [0.717, 1.165) is 16.8 Å². The second-order valence-electron chi connectivity index (χ2n) is 4.43. The Labute approximate surface area is 131 Å². The van der Waals surface area contributed by atoms with Crippen LogP contribution in [0.4, 0.5) is 0 Å². The van der Waals surface area contributed by atoms with E-state index in [0.29, 0.717) is 21.0 Å². The number of halogens is 1. The van der Waals surface area contributed by atoms with Crippen LogP contribution in [0.25, 0.3) is 16.7 Å². The van der Waals surface area contributed by atoms with Crippen molar-refractivity contribution in [1.82, 2.24) is 9.55 Å². The number of fused-ring (bicyclic) bond motifs is 1. The highest BCUT2D eigenvalue weighted by Gasteiger charge is 2.11. The van der Waals surface area contributed by atoms with Gasteiger partial charge in [0.1, 0.15) is 5.75 Å². The third-order valence-electron chi connectivity index (χ3n) is 3.21. The Morgan fingerprint density at radius 1 is 1.29 bits per heavy atom. The SMILES string of the molecule is COc1ccc2c(c1)[nH]c(=S)n2-c1cc(C#N)ccc1Cl. The molecular formula is C15H10ClN3OS. The molecule has 1 N–H and O–H groups in total. The fourth-order valence-corrected chi connectivity index (χ4v) is 2.72. The van der Waals surface area contributed by atoms with Crippen LogP contribution in [0.5, 0.6) is 5.75 Å². The Kier molecular flexibility index (Phi) is 3.42. The van der Waals surface area contributed by atoms with Crippen LogP contribution >= 0.6 is 23.8 Å². The zero-order valence-electron chi connectivity index (χ0n) is 11.1. The highest BCUT2D eigenvalue weighted by atomic mass is 35.5. The average Bonchev–Trinajstić information content (AvgIpc) is 2.82. The lowest BCUT2D eigenvalue weighted by Gasteiger charge is -2.08. The standard InChI is InChI=1S/C15H10ClN3OS/c1-20-10-3-5-13-12(7-10)18-15(21)19(13)14-6-9(8-17)2-4-11(14)16/h2-7H,1H3,(H,18,21). The summed E-state index contributed by atoms with van der Waals surface area (Å²) in [7, 11) is 1.61. The van der Waals surface area contributed by atoms with Crippen molar-refractivity contribution in [2.75, 3.05) is 7.11 Å². The molecule has 2 aromatic carbocycles. The molecule has 3 aromatic rings. The van der Waals surface area contributed by atoms with Gasteiger partial charge in [0.25, 0.3) is 0 Å². The molecule has 0 spiro atoms. The molecule has 0 saturated carbocycles. The van der Waals surface area contributed by atoms with Crippen molar-refractivity contribution in [2.45, 2.75) is 0 Å². The molecule has 1 heterocycles. The number of nitrogens with one attached hydrogen (secondary N) is 1. The summed E-state index contributed by atoms with van der Waals surface area (Å²) in [6.07, 6.45) is 0. The number of rotatable bonds is 2. The fraction of sp³-hybridized carbons (Fsp3) is 0.0667. The number of nitrogens with zero attached hydrogens (tertiary/aromatic N) is 2. The first-order chi connectivity index (χ1) is 10.1. The van der Waals surface area contributed by atoms with Crippen molar-refractivity contribution < 1.29 is 4.74 Å². The van der Waals surface area contributed by atoms with Crippen LogP contribution in [0.1, 0.15) is 5.56 Å². The minimum Gasteiger partial charge on any atom is -0.497 e. The number of aromatic amines is 1. The van der Waals surface area contributed by atoms with Gasteiger partial charge < -0.3 is 9.72 Å². The van der Waals surface area contributed by atoms with Gasteiger partial charge >= 0.3 is 0 Å². The number of imidazole rings is 1. The summed E-state index contributed by atoms with van der Waals surface area (Å²) in [5.41, 5.74) is 2.92. The predicted octanol–water partition coefficient (Wildman–Crippen LogP) is 4.22. The molecule has 0 amide bonds. The molecule has 0 fully saturated rings. The van der Waals surface area contributed by atoms with Crippen LogP contribution in [-0.2, 0) is 0 Å². The van der Waals surface area contributed by atoms with E-state index in [1.54, 1.807) is 25.3 Å². The number of methoxy groups -OCH3 is 1. The fourth-order valence-electron chi connectivity index (χ4n) is 2.21. The van der Waals surface area contributed by atoms with Gasteiger partial charge in [-0.15, -0.1) is 0 Å². The van der Waals surface area contributed by atoms with Gasteiger partial charge in [-0.05, 0) is 42.5 Å². The van der Waals surface area contributed by atoms with Gasteiger partial charge in [0, 0.05) is 6.07 Å². The lowest BCUT2D eigenvalue weighted by Crippen LogP contribution is -1.96. The van der Waals surface area contributed by atoms with Gasteiger partial charge in [-0.2, -0.15) is 5.26 Å². The Balaban J connectivity index is 2.33. The molecule has 1 aromatic heterocycles. The van der Waals surface area contributed by atoms with Crippen LogP contribution < -0.4 is 4.74 Å². The minimum atomic E-state index is 0.509. The van der Waals surface area contributed by atoms with Gasteiger partial charge in [0.15, 0.2) is 4.77 Å². The molecule has 0 radical (unpaired) electrons. The van der Waals surface area contributed by atoms with Crippen LogP contribution in [0, 0.1) is 16.1 Å². The van der Waals surface area contributed by atoms with E-state index in [1.807, 2.05) is 22.8 Å². The Morgan fingerprint density at radius 2 is 2.10 bits per heavy atom. The maximum absolute atomic E-state index is 9.05. The highest BCUT2D eigenvalue weighted by molar-refractivity contribution is 7.71. The highest BCUT2D eigenvalue weighted by Crippen LogP contribution is 2.28. The van der Waals surface area contributed by atoms with E-state index < -0.39 is 0 Å². The summed E-state index contributed by atoms with van der Waals surface area (Å²) in [6.45, 7) is 0. The van der Waals surface area contributed by atoms with Crippen molar-refractivity contribution in [1.29, 1.82) is 5.26 Å². The normalized spacial score (nSPS) is 10.5. The van der Waals surface area contributed by atoms with E-state index in [-0.39, 0.29) is 0 Å².